The molecule has 0 spiro atoms. The van der Waals surface area contributed by atoms with Crippen molar-refractivity contribution < 1.29 is 14.3 Å². The molecule has 4 heteroatoms. The number of carbonyl (C=O) groups is 2. The van der Waals surface area contributed by atoms with Gasteiger partial charge in [-0.2, -0.15) is 0 Å². The summed E-state index contributed by atoms with van der Waals surface area (Å²) in [5.41, 5.74) is 0.351. The van der Waals surface area contributed by atoms with Crippen LogP contribution in [0.3, 0.4) is 0 Å². The Kier molecular flexibility index (Phi) is 5.10. The van der Waals surface area contributed by atoms with E-state index < -0.39 is 5.97 Å². The molecule has 0 amide bonds. The number of thiophene rings is 1. The number of rotatable bonds is 6. The molecule has 1 heterocycles. The van der Waals surface area contributed by atoms with Gasteiger partial charge in [-0.25, -0.2) is 4.79 Å². The third kappa shape index (κ3) is 3.82. The smallest absolute Gasteiger partial charge is 0.334 e. The van der Waals surface area contributed by atoms with Gasteiger partial charge in [0, 0.05) is 22.8 Å². The first-order valence-electron chi connectivity index (χ1n) is 5.45. The molecular weight excluding hydrogens is 236 g/mol. The van der Waals surface area contributed by atoms with Crippen molar-refractivity contribution in [2.45, 2.75) is 26.2 Å². The second-order valence-electron chi connectivity index (χ2n) is 3.72. The van der Waals surface area contributed by atoms with E-state index in [0.717, 1.165) is 4.88 Å². The molecule has 0 bridgehead atoms. The normalized spacial score (nSPS) is 11.9. The van der Waals surface area contributed by atoms with Crippen LogP contribution in [0.4, 0.5) is 0 Å². The molecule has 1 aromatic rings. The van der Waals surface area contributed by atoms with Crippen molar-refractivity contribution in [2.75, 3.05) is 6.61 Å². The van der Waals surface area contributed by atoms with E-state index in [0.29, 0.717) is 12.2 Å². The van der Waals surface area contributed by atoms with Crippen molar-refractivity contribution >= 4 is 23.1 Å². The lowest BCUT2D eigenvalue weighted by atomic mass is 9.93. The number of hydrogen-bond donors (Lipinski definition) is 0. The zero-order valence-corrected chi connectivity index (χ0v) is 10.9. The highest BCUT2D eigenvalue weighted by atomic mass is 32.1. The van der Waals surface area contributed by atoms with Crippen LogP contribution in [0.15, 0.2) is 29.7 Å². The van der Waals surface area contributed by atoms with Gasteiger partial charge in [0.05, 0.1) is 6.61 Å². The van der Waals surface area contributed by atoms with Gasteiger partial charge in [-0.1, -0.05) is 12.6 Å². The minimum atomic E-state index is -0.424. The van der Waals surface area contributed by atoms with Gasteiger partial charge in [0.1, 0.15) is 5.78 Å². The first-order valence-corrected chi connectivity index (χ1v) is 6.33. The fourth-order valence-electron chi connectivity index (χ4n) is 1.54. The zero-order chi connectivity index (χ0) is 12.8. The number of carbonyl (C=O) groups excluding carboxylic acids is 2. The monoisotopic (exact) mass is 252 g/mol. The summed E-state index contributed by atoms with van der Waals surface area (Å²) in [5, 5.41) is 1.92. The fourth-order valence-corrected chi connectivity index (χ4v) is 2.40. The van der Waals surface area contributed by atoms with E-state index in [9.17, 15) is 9.59 Å². The average molecular weight is 252 g/mol. The first-order chi connectivity index (χ1) is 8.06. The molecule has 1 rings (SSSR count). The van der Waals surface area contributed by atoms with Gasteiger partial charge in [0.15, 0.2) is 0 Å². The Morgan fingerprint density at radius 2 is 2.24 bits per heavy atom. The highest BCUT2D eigenvalue weighted by molar-refractivity contribution is 7.10. The molecule has 0 aliphatic heterocycles. The van der Waals surface area contributed by atoms with Crippen molar-refractivity contribution in [3.63, 3.8) is 0 Å². The van der Waals surface area contributed by atoms with E-state index in [2.05, 4.69) is 6.58 Å². The van der Waals surface area contributed by atoms with E-state index in [4.69, 9.17) is 4.74 Å². The highest BCUT2D eigenvalue weighted by Crippen LogP contribution is 2.31. The summed E-state index contributed by atoms with van der Waals surface area (Å²) >= 11 is 1.52. The van der Waals surface area contributed by atoms with Gasteiger partial charge in [0.2, 0.25) is 0 Å². The van der Waals surface area contributed by atoms with Crippen LogP contribution in [0.1, 0.15) is 31.1 Å². The molecule has 0 aliphatic carbocycles. The Morgan fingerprint density at radius 1 is 1.53 bits per heavy atom. The average Bonchev–Trinajstić information content (AvgIpc) is 2.78. The summed E-state index contributed by atoms with van der Waals surface area (Å²) < 4.78 is 4.92. The molecule has 1 atom stereocenters. The molecule has 3 nitrogen and oxygen atoms in total. The SMILES string of the molecule is C=C(C(=O)OCC)[C@H](CC(C)=O)c1cccs1. The maximum atomic E-state index is 11.6. The van der Waals surface area contributed by atoms with Crippen molar-refractivity contribution in [3.8, 4) is 0 Å². The van der Waals surface area contributed by atoms with Crippen LogP contribution in [0.25, 0.3) is 0 Å². The van der Waals surface area contributed by atoms with Crippen LogP contribution in [0, 0.1) is 0 Å². The predicted octanol–water partition coefficient (Wildman–Crippen LogP) is 2.93. The first kappa shape index (κ1) is 13.6. The number of Topliss-reactive ketones (excluding diaryl/α,β-unsaturated/α-hetero) is 1. The molecule has 0 radical (unpaired) electrons. The van der Waals surface area contributed by atoms with Gasteiger partial charge in [-0.15, -0.1) is 11.3 Å². The van der Waals surface area contributed by atoms with Gasteiger partial charge in [0.25, 0.3) is 0 Å². The topological polar surface area (TPSA) is 43.4 Å². The molecule has 0 unspecified atom stereocenters. The minimum Gasteiger partial charge on any atom is -0.463 e. The standard InChI is InChI=1S/C13H16O3S/c1-4-16-13(15)10(3)11(8-9(2)14)12-6-5-7-17-12/h5-7,11H,3-4,8H2,1-2H3/t11-/m0/s1. The zero-order valence-electron chi connectivity index (χ0n) is 10.1. The number of esters is 1. The van der Waals surface area contributed by atoms with Crippen LogP contribution >= 0.6 is 11.3 Å². The van der Waals surface area contributed by atoms with E-state index in [1.165, 1.54) is 18.3 Å². The second-order valence-corrected chi connectivity index (χ2v) is 4.70. The van der Waals surface area contributed by atoms with Crippen LogP contribution < -0.4 is 0 Å². The van der Waals surface area contributed by atoms with Gasteiger partial charge >= 0.3 is 5.97 Å². The van der Waals surface area contributed by atoms with E-state index in [1.54, 1.807) is 6.92 Å². The summed E-state index contributed by atoms with van der Waals surface area (Å²) in [6, 6.07) is 3.80. The molecular formula is C13H16O3S. The number of hydrogen-bond acceptors (Lipinski definition) is 4. The summed E-state index contributed by atoms with van der Waals surface area (Å²) in [7, 11) is 0. The summed E-state index contributed by atoms with van der Waals surface area (Å²) in [6.45, 7) is 7.34. The minimum absolute atomic E-state index is 0.0360. The third-order valence-electron chi connectivity index (χ3n) is 2.34. The van der Waals surface area contributed by atoms with Gasteiger partial charge in [-0.3, -0.25) is 4.79 Å². The summed E-state index contributed by atoms with van der Waals surface area (Å²) in [5.74, 6) is -0.646. The molecule has 1 aromatic heterocycles. The molecule has 17 heavy (non-hydrogen) atoms. The molecule has 0 saturated carbocycles. The highest BCUT2D eigenvalue weighted by Gasteiger charge is 2.24. The Labute approximate surface area is 105 Å². The lowest BCUT2D eigenvalue weighted by Crippen LogP contribution is -2.15. The quantitative estimate of drug-likeness (QED) is 0.577. The van der Waals surface area contributed by atoms with Crippen LogP contribution in [-0.2, 0) is 14.3 Å². The lowest BCUT2D eigenvalue weighted by molar-refractivity contribution is -0.138. The van der Waals surface area contributed by atoms with E-state index in [1.807, 2.05) is 17.5 Å². The van der Waals surface area contributed by atoms with E-state index >= 15 is 0 Å². The fraction of sp³-hybridized carbons (Fsp3) is 0.385. The molecule has 0 N–H and O–H groups in total. The van der Waals surface area contributed by atoms with Gasteiger partial charge < -0.3 is 4.74 Å². The molecule has 0 fully saturated rings. The van der Waals surface area contributed by atoms with Gasteiger partial charge in [-0.05, 0) is 25.3 Å². The maximum Gasteiger partial charge on any atom is 0.334 e. The molecule has 0 aliphatic rings. The number of ether oxygens (including phenoxy) is 1. The largest absolute Gasteiger partial charge is 0.463 e. The molecule has 92 valence electrons. The Hall–Kier alpha value is -1.42. The van der Waals surface area contributed by atoms with Crippen LogP contribution in [-0.4, -0.2) is 18.4 Å². The molecule has 0 aromatic carbocycles. The third-order valence-corrected chi connectivity index (χ3v) is 3.32. The summed E-state index contributed by atoms with van der Waals surface area (Å²) in [6.07, 6.45) is 0.290. The van der Waals surface area contributed by atoms with Crippen LogP contribution in [0.5, 0.6) is 0 Å². The summed E-state index contributed by atoms with van der Waals surface area (Å²) in [4.78, 5) is 23.8. The van der Waals surface area contributed by atoms with Crippen molar-refractivity contribution in [1.29, 1.82) is 0 Å². The van der Waals surface area contributed by atoms with Crippen molar-refractivity contribution in [2.24, 2.45) is 0 Å². The lowest BCUT2D eigenvalue weighted by Gasteiger charge is -2.15. The van der Waals surface area contributed by atoms with Crippen molar-refractivity contribution in [1.82, 2.24) is 0 Å². The van der Waals surface area contributed by atoms with E-state index in [-0.39, 0.29) is 18.1 Å². The maximum absolute atomic E-state index is 11.6. The van der Waals surface area contributed by atoms with Crippen molar-refractivity contribution in [3.05, 3.63) is 34.5 Å². The number of ketones is 1. The predicted molar refractivity (Wildman–Crippen MR) is 68.1 cm³/mol. The Morgan fingerprint density at radius 3 is 2.71 bits per heavy atom. The Bertz CT molecular complexity index is 406. The second kappa shape index (κ2) is 6.35. The van der Waals surface area contributed by atoms with Crippen LogP contribution in [0.2, 0.25) is 0 Å². The Balaban J connectivity index is 2.87. The molecule has 0 saturated heterocycles.